The van der Waals surface area contributed by atoms with Crippen molar-refractivity contribution in [1.29, 1.82) is 0 Å². The van der Waals surface area contributed by atoms with Crippen LogP contribution in [0.1, 0.15) is 28.6 Å². The molecule has 7 nitrogen and oxygen atoms in total. The van der Waals surface area contributed by atoms with Gasteiger partial charge in [-0.15, -0.1) is 0 Å². The maximum Gasteiger partial charge on any atom is 0.275 e. The molecule has 0 spiro atoms. The van der Waals surface area contributed by atoms with Gasteiger partial charge in [0.1, 0.15) is 5.76 Å². The van der Waals surface area contributed by atoms with Gasteiger partial charge in [0.2, 0.25) is 5.09 Å². The van der Waals surface area contributed by atoms with Crippen molar-refractivity contribution in [3.63, 3.8) is 0 Å². The summed E-state index contributed by atoms with van der Waals surface area (Å²) in [7, 11) is -0.915. The minimum Gasteiger partial charge on any atom is -0.448 e. The van der Waals surface area contributed by atoms with E-state index in [-0.39, 0.29) is 16.4 Å². The minimum absolute atomic E-state index is 0.193. The van der Waals surface area contributed by atoms with Crippen LogP contribution >= 0.6 is 0 Å². The highest BCUT2D eigenvalue weighted by atomic mass is 32.2. The van der Waals surface area contributed by atoms with E-state index in [0.29, 0.717) is 12.2 Å². The Morgan fingerprint density at radius 1 is 1.24 bits per heavy atom. The molecule has 2 aromatic rings. The van der Waals surface area contributed by atoms with Gasteiger partial charge in [0.25, 0.3) is 15.9 Å². The highest BCUT2D eigenvalue weighted by molar-refractivity contribution is 7.88. The van der Waals surface area contributed by atoms with Gasteiger partial charge in [-0.2, -0.15) is 0 Å². The van der Waals surface area contributed by atoms with Crippen molar-refractivity contribution in [3.05, 3.63) is 47.2 Å². The quantitative estimate of drug-likeness (QED) is 0.785. The van der Waals surface area contributed by atoms with Crippen molar-refractivity contribution in [2.45, 2.75) is 25.5 Å². The predicted molar refractivity (Wildman–Crippen MR) is 96.1 cm³/mol. The summed E-state index contributed by atoms with van der Waals surface area (Å²) in [4.78, 5) is 12.6. The molecular formula is C17H23N3O4S. The van der Waals surface area contributed by atoms with Crippen LogP contribution in [-0.4, -0.2) is 39.3 Å². The maximum absolute atomic E-state index is 12.6. The number of hydrogen-bond acceptors (Lipinski definition) is 5. The van der Waals surface area contributed by atoms with E-state index in [1.54, 1.807) is 13.0 Å². The van der Waals surface area contributed by atoms with E-state index in [4.69, 9.17) is 4.42 Å². The second-order valence-corrected chi connectivity index (χ2v) is 7.80. The van der Waals surface area contributed by atoms with Crippen molar-refractivity contribution in [2.75, 3.05) is 26.0 Å². The van der Waals surface area contributed by atoms with Crippen LogP contribution in [0.3, 0.4) is 0 Å². The summed E-state index contributed by atoms with van der Waals surface area (Å²) >= 11 is 0. The summed E-state index contributed by atoms with van der Waals surface area (Å²) in [6, 6.07) is 8.70. The first-order valence-electron chi connectivity index (χ1n) is 7.90. The fourth-order valence-corrected chi connectivity index (χ4v) is 3.09. The molecule has 1 aromatic heterocycles. The molecule has 0 aliphatic heterocycles. The van der Waals surface area contributed by atoms with E-state index in [9.17, 15) is 13.2 Å². The molecule has 1 amide bonds. The number of nitrogens with zero attached hydrogens (tertiary/aromatic N) is 1. The SMILES string of the molecule is CCNCc1ccccc1NC(=O)c1cc(S(=O)(=O)N(C)C)oc1C. The van der Waals surface area contributed by atoms with Crippen LogP contribution in [0, 0.1) is 6.92 Å². The van der Waals surface area contributed by atoms with Crippen LogP contribution in [0.4, 0.5) is 5.69 Å². The fourth-order valence-electron chi connectivity index (χ4n) is 2.23. The number of para-hydroxylation sites is 1. The third-order valence-corrected chi connectivity index (χ3v) is 5.38. The molecule has 0 bridgehead atoms. The molecular weight excluding hydrogens is 342 g/mol. The van der Waals surface area contributed by atoms with Crippen molar-refractivity contribution in [1.82, 2.24) is 9.62 Å². The molecule has 0 saturated carbocycles. The Morgan fingerprint density at radius 2 is 1.92 bits per heavy atom. The molecule has 0 fully saturated rings. The summed E-state index contributed by atoms with van der Waals surface area (Å²) < 4.78 is 30.6. The summed E-state index contributed by atoms with van der Waals surface area (Å²) in [6.45, 7) is 5.00. The lowest BCUT2D eigenvalue weighted by atomic mass is 10.1. The first-order chi connectivity index (χ1) is 11.8. The van der Waals surface area contributed by atoms with E-state index in [1.165, 1.54) is 20.2 Å². The summed E-state index contributed by atoms with van der Waals surface area (Å²) in [5.41, 5.74) is 1.81. The Morgan fingerprint density at radius 3 is 2.56 bits per heavy atom. The van der Waals surface area contributed by atoms with Crippen LogP contribution in [0.2, 0.25) is 0 Å². The molecule has 1 aromatic carbocycles. The Bertz CT molecular complexity index is 857. The molecule has 8 heteroatoms. The molecule has 2 rings (SSSR count). The van der Waals surface area contributed by atoms with Gasteiger partial charge in [-0.05, 0) is 25.1 Å². The number of sulfonamides is 1. The Labute approximate surface area is 148 Å². The molecule has 0 atom stereocenters. The first kappa shape index (κ1) is 19.2. The lowest BCUT2D eigenvalue weighted by Gasteiger charge is -2.11. The third-order valence-electron chi connectivity index (χ3n) is 3.71. The highest BCUT2D eigenvalue weighted by Gasteiger charge is 2.25. The molecule has 0 saturated heterocycles. The van der Waals surface area contributed by atoms with Crippen LogP contribution in [0.15, 0.2) is 39.8 Å². The van der Waals surface area contributed by atoms with Gasteiger partial charge in [-0.25, -0.2) is 12.7 Å². The topological polar surface area (TPSA) is 91.6 Å². The monoisotopic (exact) mass is 365 g/mol. The zero-order valence-electron chi connectivity index (χ0n) is 14.8. The van der Waals surface area contributed by atoms with Gasteiger partial charge >= 0.3 is 0 Å². The molecule has 25 heavy (non-hydrogen) atoms. The number of carbonyl (C=O) groups excluding carboxylic acids is 1. The second kappa shape index (κ2) is 7.81. The number of anilines is 1. The Balaban J connectivity index is 2.27. The lowest BCUT2D eigenvalue weighted by Crippen LogP contribution is -2.21. The molecule has 0 unspecified atom stereocenters. The molecule has 0 aliphatic carbocycles. The van der Waals surface area contributed by atoms with Gasteiger partial charge in [-0.3, -0.25) is 4.79 Å². The minimum atomic E-state index is -3.73. The van der Waals surface area contributed by atoms with Crippen LogP contribution in [0.25, 0.3) is 0 Å². The highest BCUT2D eigenvalue weighted by Crippen LogP contribution is 2.23. The van der Waals surface area contributed by atoms with Crippen molar-refractivity contribution < 1.29 is 17.6 Å². The number of furan rings is 1. The van der Waals surface area contributed by atoms with E-state index >= 15 is 0 Å². The van der Waals surface area contributed by atoms with Crippen LogP contribution < -0.4 is 10.6 Å². The standard InChI is InChI=1S/C17H23N3O4S/c1-5-18-11-13-8-6-7-9-15(13)19-17(21)14-10-16(24-12(14)2)25(22,23)20(3)4/h6-10,18H,5,11H2,1-4H3,(H,19,21). The van der Waals surface area contributed by atoms with E-state index in [2.05, 4.69) is 10.6 Å². The number of aryl methyl sites for hydroxylation is 1. The van der Waals surface area contributed by atoms with Gasteiger partial charge in [0.05, 0.1) is 5.56 Å². The van der Waals surface area contributed by atoms with Crippen molar-refractivity contribution in [3.8, 4) is 0 Å². The van der Waals surface area contributed by atoms with Gasteiger partial charge in [0.15, 0.2) is 0 Å². The smallest absolute Gasteiger partial charge is 0.275 e. The van der Waals surface area contributed by atoms with Gasteiger partial charge < -0.3 is 15.1 Å². The van der Waals surface area contributed by atoms with Crippen LogP contribution in [0.5, 0.6) is 0 Å². The van der Waals surface area contributed by atoms with E-state index in [0.717, 1.165) is 16.4 Å². The van der Waals surface area contributed by atoms with Crippen LogP contribution in [-0.2, 0) is 16.6 Å². The van der Waals surface area contributed by atoms with E-state index in [1.807, 2.05) is 25.1 Å². The van der Waals surface area contributed by atoms with E-state index < -0.39 is 15.9 Å². The van der Waals surface area contributed by atoms with Gasteiger partial charge in [-0.1, -0.05) is 25.1 Å². The van der Waals surface area contributed by atoms with Crippen molar-refractivity contribution >= 4 is 21.6 Å². The first-order valence-corrected chi connectivity index (χ1v) is 9.34. The van der Waals surface area contributed by atoms with Crippen molar-refractivity contribution in [2.24, 2.45) is 0 Å². The maximum atomic E-state index is 12.6. The largest absolute Gasteiger partial charge is 0.448 e. The lowest BCUT2D eigenvalue weighted by molar-refractivity contribution is 0.102. The number of carbonyl (C=O) groups is 1. The number of nitrogens with one attached hydrogen (secondary N) is 2. The zero-order valence-corrected chi connectivity index (χ0v) is 15.6. The number of hydrogen-bond donors (Lipinski definition) is 2. The average molecular weight is 365 g/mol. The van der Waals surface area contributed by atoms with Gasteiger partial charge in [0, 0.05) is 32.4 Å². The summed E-state index contributed by atoms with van der Waals surface area (Å²) in [6.07, 6.45) is 0. The molecule has 0 aliphatic rings. The Kier molecular flexibility index (Phi) is 5.99. The second-order valence-electron chi connectivity index (χ2n) is 5.71. The number of rotatable bonds is 7. The molecule has 1 heterocycles. The number of amides is 1. The molecule has 136 valence electrons. The summed E-state index contributed by atoms with van der Waals surface area (Å²) in [5.74, 6) is -0.160. The fraction of sp³-hybridized carbons (Fsp3) is 0.353. The zero-order chi connectivity index (χ0) is 18.6. The third kappa shape index (κ3) is 4.28. The number of benzene rings is 1. The summed E-state index contributed by atoms with van der Waals surface area (Å²) in [5, 5.41) is 5.79. The predicted octanol–water partition coefficient (Wildman–Crippen LogP) is 2.20. The Hall–Kier alpha value is -2.16. The normalized spacial score (nSPS) is 11.7. The average Bonchev–Trinajstić information content (AvgIpc) is 2.96. The molecule has 0 radical (unpaired) electrons. The molecule has 2 N–H and O–H groups in total.